The summed E-state index contributed by atoms with van der Waals surface area (Å²) < 4.78 is 1.90. The molecule has 0 bridgehead atoms. The number of rotatable bonds is 5. The number of nitrogens with one attached hydrogen (secondary N) is 1. The minimum absolute atomic E-state index is 0.404. The van der Waals surface area contributed by atoms with Crippen molar-refractivity contribution in [2.45, 2.75) is 51.6 Å². The van der Waals surface area contributed by atoms with Crippen molar-refractivity contribution in [1.82, 2.24) is 15.1 Å². The third-order valence-corrected chi connectivity index (χ3v) is 4.47. The van der Waals surface area contributed by atoms with Gasteiger partial charge in [-0.3, -0.25) is 4.68 Å². The minimum atomic E-state index is -0.498. The molecule has 108 valence electrons. The molecule has 0 aliphatic heterocycles. The van der Waals surface area contributed by atoms with Crippen LogP contribution in [0.5, 0.6) is 0 Å². The molecule has 0 unspecified atom stereocenters. The van der Waals surface area contributed by atoms with Crippen molar-refractivity contribution in [3.8, 4) is 0 Å². The summed E-state index contributed by atoms with van der Waals surface area (Å²) in [4.78, 5) is 0. The fraction of sp³-hybridized carbons (Fsp3) is 0.800. The molecule has 0 atom stereocenters. The second kappa shape index (κ2) is 5.63. The first-order valence-electron chi connectivity index (χ1n) is 7.30. The lowest BCUT2D eigenvalue weighted by atomic mass is 9.71. The molecule has 0 radical (unpaired) electrons. The average molecular weight is 265 g/mol. The maximum Gasteiger partial charge on any atom is 0.0772 e. The Morgan fingerprint density at radius 1 is 1.32 bits per heavy atom. The predicted octanol–water partition coefficient (Wildman–Crippen LogP) is 1.88. The summed E-state index contributed by atoms with van der Waals surface area (Å²) in [5.74, 6) is 0. The number of aromatic nitrogens is 2. The van der Waals surface area contributed by atoms with Gasteiger partial charge in [-0.15, -0.1) is 0 Å². The smallest absolute Gasteiger partial charge is 0.0772 e. The van der Waals surface area contributed by atoms with Crippen molar-refractivity contribution in [2.75, 3.05) is 13.1 Å². The monoisotopic (exact) mass is 265 g/mol. The molecular formula is C15H27N3O. The third-order valence-electron chi connectivity index (χ3n) is 4.47. The number of aliphatic hydroxyl groups is 1. The predicted molar refractivity (Wildman–Crippen MR) is 77.0 cm³/mol. The van der Waals surface area contributed by atoms with E-state index in [4.69, 9.17) is 0 Å². The lowest BCUT2D eigenvalue weighted by Gasteiger charge is -2.40. The van der Waals surface area contributed by atoms with Crippen LogP contribution in [0, 0.1) is 5.41 Å². The van der Waals surface area contributed by atoms with Crippen LogP contribution in [-0.2, 0) is 13.5 Å². The number of aryl methyl sites for hydroxylation is 1. The third kappa shape index (κ3) is 4.05. The summed E-state index contributed by atoms with van der Waals surface area (Å²) in [6, 6.07) is 2.04. The Balaban J connectivity index is 1.70. The molecule has 2 rings (SSSR count). The summed E-state index contributed by atoms with van der Waals surface area (Å²) in [5.41, 5.74) is 1.13. The molecule has 4 nitrogen and oxygen atoms in total. The van der Waals surface area contributed by atoms with E-state index in [2.05, 4.69) is 24.3 Å². The van der Waals surface area contributed by atoms with Gasteiger partial charge in [0.1, 0.15) is 0 Å². The fourth-order valence-corrected chi connectivity index (χ4v) is 2.75. The Bertz CT molecular complexity index is 401. The topological polar surface area (TPSA) is 50.1 Å². The van der Waals surface area contributed by atoms with Crippen LogP contribution in [0.1, 0.15) is 45.2 Å². The van der Waals surface area contributed by atoms with E-state index in [0.29, 0.717) is 12.0 Å². The zero-order valence-electron chi connectivity index (χ0n) is 12.4. The molecule has 1 heterocycles. The van der Waals surface area contributed by atoms with Crippen LogP contribution in [0.4, 0.5) is 0 Å². The summed E-state index contributed by atoms with van der Waals surface area (Å²) in [7, 11) is 1.96. The van der Waals surface area contributed by atoms with Gasteiger partial charge in [0.15, 0.2) is 0 Å². The molecule has 2 N–H and O–H groups in total. The maximum atomic E-state index is 10.5. The molecule has 0 amide bonds. The number of hydrogen-bond acceptors (Lipinski definition) is 3. The first-order valence-corrected chi connectivity index (χ1v) is 7.30. The van der Waals surface area contributed by atoms with E-state index < -0.39 is 5.60 Å². The van der Waals surface area contributed by atoms with Gasteiger partial charge in [-0.1, -0.05) is 13.8 Å². The minimum Gasteiger partial charge on any atom is -0.389 e. The molecule has 4 heteroatoms. The average Bonchev–Trinajstić information content (AvgIpc) is 2.76. The standard InChI is InChI=1S/C15H27N3O/c1-14(2)6-8-15(19,9-7-14)12-16-10-4-13-5-11-17-18(13)3/h5,11,16,19H,4,6-10,12H2,1-3H3. The van der Waals surface area contributed by atoms with Crippen LogP contribution in [0.2, 0.25) is 0 Å². The molecule has 1 saturated carbocycles. The van der Waals surface area contributed by atoms with Crippen molar-refractivity contribution in [3.63, 3.8) is 0 Å². The lowest BCUT2D eigenvalue weighted by Crippen LogP contribution is -2.45. The van der Waals surface area contributed by atoms with Crippen LogP contribution in [-0.4, -0.2) is 33.6 Å². The van der Waals surface area contributed by atoms with Crippen molar-refractivity contribution >= 4 is 0 Å². The highest BCUT2D eigenvalue weighted by atomic mass is 16.3. The largest absolute Gasteiger partial charge is 0.389 e. The van der Waals surface area contributed by atoms with Crippen molar-refractivity contribution < 1.29 is 5.11 Å². The van der Waals surface area contributed by atoms with Crippen molar-refractivity contribution in [3.05, 3.63) is 18.0 Å². The zero-order chi connectivity index (χ0) is 13.9. The van der Waals surface area contributed by atoms with E-state index in [1.54, 1.807) is 0 Å². The Morgan fingerprint density at radius 2 is 2.00 bits per heavy atom. The van der Waals surface area contributed by atoms with Gasteiger partial charge in [0.05, 0.1) is 5.60 Å². The Kier molecular flexibility index (Phi) is 4.31. The normalized spacial score (nSPS) is 21.5. The molecule has 0 saturated heterocycles. The zero-order valence-corrected chi connectivity index (χ0v) is 12.4. The Labute approximate surface area is 116 Å². The van der Waals surface area contributed by atoms with Crippen LogP contribution in [0.3, 0.4) is 0 Å². The highest BCUT2D eigenvalue weighted by Crippen LogP contribution is 2.39. The molecule has 0 spiro atoms. The van der Waals surface area contributed by atoms with E-state index in [1.807, 2.05) is 24.0 Å². The quantitative estimate of drug-likeness (QED) is 0.799. The molecule has 1 aliphatic carbocycles. The van der Waals surface area contributed by atoms with Crippen LogP contribution in [0.25, 0.3) is 0 Å². The second-order valence-corrected chi connectivity index (χ2v) is 6.76. The van der Waals surface area contributed by atoms with Crippen LogP contribution in [0.15, 0.2) is 12.3 Å². The summed E-state index contributed by atoms with van der Waals surface area (Å²) >= 11 is 0. The van der Waals surface area contributed by atoms with Crippen molar-refractivity contribution in [2.24, 2.45) is 12.5 Å². The van der Waals surface area contributed by atoms with Gasteiger partial charge in [-0.25, -0.2) is 0 Å². The molecule has 1 fully saturated rings. The molecule has 0 aromatic carbocycles. The van der Waals surface area contributed by atoms with E-state index in [0.717, 1.165) is 38.6 Å². The van der Waals surface area contributed by atoms with E-state index >= 15 is 0 Å². The van der Waals surface area contributed by atoms with E-state index in [1.165, 1.54) is 5.69 Å². The van der Waals surface area contributed by atoms with E-state index in [-0.39, 0.29) is 0 Å². The second-order valence-electron chi connectivity index (χ2n) is 6.76. The summed E-state index contributed by atoms with van der Waals surface area (Å²) in [6.07, 6.45) is 6.85. The highest BCUT2D eigenvalue weighted by molar-refractivity contribution is 5.00. The van der Waals surface area contributed by atoms with Gasteiger partial charge >= 0.3 is 0 Å². The van der Waals surface area contributed by atoms with Crippen LogP contribution < -0.4 is 5.32 Å². The summed E-state index contributed by atoms with van der Waals surface area (Å²) in [6.45, 7) is 6.19. The molecule has 1 aromatic heterocycles. The van der Waals surface area contributed by atoms with Gasteiger partial charge in [-0.2, -0.15) is 5.10 Å². The number of hydrogen-bond donors (Lipinski definition) is 2. The lowest BCUT2D eigenvalue weighted by molar-refractivity contribution is -0.0241. The van der Waals surface area contributed by atoms with Crippen LogP contribution >= 0.6 is 0 Å². The molecular weight excluding hydrogens is 238 g/mol. The highest BCUT2D eigenvalue weighted by Gasteiger charge is 2.36. The van der Waals surface area contributed by atoms with Gasteiger partial charge < -0.3 is 10.4 Å². The SMILES string of the molecule is Cn1nccc1CCNCC1(O)CCC(C)(C)CC1. The van der Waals surface area contributed by atoms with Gasteiger partial charge in [0.2, 0.25) is 0 Å². The maximum absolute atomic E-state index is 10.5. The van der Waals surface area contributed by atoms with Gasteiger partial charge in [0.25, 0.3) is 0 Å². The number of nitrogens with zero attached hydrogens (tertiary/aromatic N) is 2. The van der Waals surface area contributed by atoms with E-state index in [9.17, 15) is 5.11 Å². The molecule has 1 aliphatic rings. The first kappa shape index (κ1) is 14.5. The first-order chi connectivity index (χ1) is 8.90. The fourth-order valence-electron chi connectivity index (χ4n) is 2.75. The Morgan fingerprint density at radius 3 is 2.58 bits per heavy atom. The van der Waals surface area contributed by atoms with Gasteiger partial charge in [-0.05, 0) is 37.2 Å². The molecule has 1 aromatic rings. The Hall–Kier alpha value is -0.870. The van der Waals surface area contributed by atoms with Gasteiger partial charge in [0, 0.05) is 38.4 Å². The summed E-state index contributed by atoms with van der Waals surface area (Å²) in [5, 5.41) is 18.1. The molecule has 19 heavy (non-hydrogen) atoms. The van der Waals surface area contributed by atoms with Crippen molar-refractivity contribution in [1.29, 1.82) is 0 Å².